The number of aromatic nitrogens is 1. The number of halogens is 1. The van der Waals surface area contributed by atoms with Gasteiger partial charge in [-0.15, -0.1) is 11.3 Å². The van der Waals surface area contributed by atoms with Gasteiger partial charge in [0.1, 0.15) is 10.2 Å². The molecule has 27 heavy (non-hydrogen) atoms. The van der Waals surface area contributed by atoms with Crippen LogP contribution in [-0.4, -0.2) is 24.0 Å². The van der Waals surface area contributed by atoms with Gasteiger partial charge in [-0.2, -0.15) is 0 Å². The molecule has 0 aromatic carbocycles. The van der Waals surface area contributed by atoms with E-state index in [1.165, 1.54) is 24.6 Å². The van der Waals surface area contributed by atoms with Gasteiger partial charge in [-0.1, -0.05) is 32.4 Å². The maximum absolute atomic E-state index is 12.7. The SMILES string of the molecule is COC(=O)c1c(NC(=O)c2cccnc2Cl)sc2c1CCC(C(C)(C)C)C2. The first-order valence-electron chi connectivity index (χ1n) is 8.87. The molecule has 0 radical (unpaired) electrons. The number of esters is 1. The number of fused-ring (bicyclic) bond motifs is 1. The molecule has 144 valence electrons. The van der Waals surface area contributed by atoms with Crippen molar-refractivity contribution in [1.82, 2.24) is 4.98 Å². The number of pyridine rings is 1. The summed E-state index contributed by atoms with van der Waals surface area (Å²) in [5.41, 5.74) is 1.94. The van der Waals surface area contributed by atoms with Crippen LogP contribution >= 0.6 is 22.9 Å². The molecule has 0 fully saturated rings. The maximum atomic E-state index is 12.7. The van der Waals surface area contributed by atoms with Crippen LogP contribution in [0.25, 0.3) is 0 Å². The molecule has 1 aliphatic carbocycles. The van der Waals surface area contributed by atoms with E-state index in [1.54, 1.807) is 12.1 Å². The van der Waals surface area contributed by atoms with Crippen LogP contribution in [-0.2, 0) is 17.6 Å². The quantitative estimate of drug-likeness (QED) is 0.576. The summed E-state index contributed by atoms with van der Waals surface area (Å²) in [4.78, 5) is 30.2. The van der Waals surface area contributed by atoms with Crippen molar-refractivity contribution in [2.24, 2.45) is 11.3 Å². The van der Waals surface area contributed by atoms with Crippen molar-refractivity contribution < 1.29 is 14.3 Å². The van der Waals surface area contributed by atoms with Gasteiger partial charge in [-0.05, 0) is 48.3 Å². The standard InChI is InChI=1S/C20H23ClN2O3S/c1-20(2,3)11-7-8-12-14(10-11)27-18(15(12)19(25)26-4)23-17(24)13-6-5-9-22-16(13)21/h5-6,9,11H,7-8,10H2,1-4H3,(H,23,24). The zero-order valence-electron chi connectivity index (χ0n) is 15.9. The van der Waals surface area contributed by atoms with E-state index in [9.17, 15) is 9.59 Å². The minimum Gasteiger partial charge on any atom is -0.465 e. The Morgan fingerprint density at radius 3 is 2.74 bits per heavy atom. The Hall–Kier alpha value is -1.92. The summed E-state index contributed by atoms with van der Waals surface area (Å²) in [6, 6.07) is 3.25. The lowest BCUT2D eigenvalue weighted by molar-refractivity contribution is 0.0600. The number of carbonyl (C=O) groups is 2. The fraction of sp³-hybridized carbons (Fsp3) is 0.450. The molecular formula is C20H23ClN2O3S. The van der Waals surface area contributed by atoms with E-state index >= 15 is 0 Å². The number of amides is 1. The molecule has 2 heterocycles. The Bertz CT molecular complexity index is 886. The average Bonchev–Trinajstić information content (AvgIpc) is 2.97. The summed E-state index contributed by atoms with van der Waals surface area (Å²) < 4.78 is 4.98. The summed E-state index contributed by atoms with van der Waals surface area (Å²) in [6.07, 6.45) is 4.24. The zero-order valence-corrected chi connectivity index (χ0v) is 17.5. The molecule has 0 spiro atoms. The summed E-state index contributed by atoms with van der Waals surface area (Å²) >= 11 is 7.48. The summed E-state index contributed by atoms with van der Waals surface area (Å²) in [5, 5.41) is 3.50. The first-order valence-corrected chi connectivity index (χ1v) is 10.1. The number of methoxy groups -OCH3 is 1. The molecule has 2 aromatic rings. The van der Waals surface area contributed by atoms with Crippen LogP contribution in [0.2, 0.25) is 5.15 Å². The van der Waals surface area contributed by atoms with Gasteiger partial charge in [0.25, 0.3) is 5.91 Å². The van der Waals surface area contributed by atoms with Crippen LogP contribution in [0.5, 0.6) is 0 Å². The molecule has 3 rings (SSSR count). The van der Waals surface area contributed by atoms with Gasteiger partial charge in [0.2, 0.25) is 0 Å². The predicted molar refractivity (Wildman–Crippen MR) is 108 cm³/mol. The fourth-order valence-electron chi connectivity index (χ4n) is 3.46. The third kappa shape index (κ3) is 4.01. The number of anilines is 1. The van der Waals surface area contributed by atoms with Gasteiger partial charge >= 0.3 is 5.97 Å². The molecule has 2 aromatic heterocycles. The molecule has 0 saturated carbocycles. The number of rotatable bonds is 3. The van der Waals surface area contributed by atoms with Crippen LogP contribution in [0.1, 0.15) is 58.3 Å². The highest BCUT2D eigenvalue weighted by Gasteiger charge is 2.34. The number of nitrogens with zero attached hydrogens (tertiary/aromatic N) is 1. The van der Waals surface area contributed by atoms with E-state index in [4.69, 9.17) is 16.3 Å². The topological polar surface area (TPSA) is 68.3 Å². The Labute approximate surface area is 168 Å². The van der Waals surface area contributed by atoms with Gasteiger partial charge < -0.3 is 10.1 Å². The van der Waals surface area contributed by atoms with Crippen molar-refractivity contribution in [1.29, 1.82) is 0 Å². The van der Waals surface area contributed by atoms with E-state index in [-0.39, 0.29) is 22.0 Å². The monoisotopic (exact) mass is 406 g/mol. The van der Waals surface area contributed by atoms with Crippen molar-refractivity contribution in [3.63, 3.8) is 0 Å². The molecule has 0 bridgehead atoms. The summed E-state index contributed by atoms with van der Waals surface area (Å²) in [7, 11) is 1.36. The largest absolute Gasteiger partial charge is 0.465 e. The van der Waals surface area contributed by atoms with Crippen LogP contribution in [0.15, 0.2) is 18.3 Å². The average molecular weight is 407 g/mol. The van der Waals surface area contributed by atoms with Crippen molar-refractivity contribution in [2.75, 3.05) is 12.4 Å². The van der Waals surface area contributed by atoms with Crippen molar-refractivity contribution >= 4 is 39.8 Å². The minimum atomic E-state index is -0.422. The van der Waals surface area contributed by atoms with E-state index in [1.807, 2.05) is 0 Å². The number of hydrogen-bond acceptors (Lipinski definition) is 5. The molecule has 1 atom stereocenters. The highest BCUT2D eigenvalue weighted by Crippen LogP contribution is 2.44. The molecule has 1 N–H and O–H groups in total. The minimum absolute atomic E-state index is 0.128. The van der Waals surface area contributed by atoms with Crippen LogP contribution in [0, 0.1) is 11.3 Å². The van der Waals surface area contributed by atoms with Gasteiger partial charge in [-0.3, -0.25) is 4.79 Å². The molecule has 7 heteroatoms. The second kappa shape index (κ2) is 7.60. The van der Waals surface area contributed by atoms with Crippen molar-refractivity contribution in [2.45, 2.75) is 40.0 Å². The second-order valence-corrected chi connectivity index (χ2v) is 9.26. The molecular weight excluding hydrogens is 384 g/mol. The van der Waals surface area contributed by atoms with Crippen molar-refractivity contribution in [3.05, 3.63) is 45.1 Å². The molecule has 0 saturated heterocycles. The summed E-state index contributed by atoms with van der Waals surface area (Å²) in [5.74, 6) is -0.274. The summed E-state index contributed by atoms with van der Waals surface area (Å²) in [6.45, 7) is 6.72. The number of carbonyl (C=O) groups excluding carboxylic acids is 2. The van der Waals surface area contributed by atoms with E-state index in [0.29, 0.717) is 16.5 Å². The Balaban J connectivity index is 1.96. The fourth-order valence-corrected chi connectivity index (χ4v) is 4.97. The lowest BCUT2D eigenvalue weighted by Gasteiger charge is -2.33. The highest BCUT2D eigenvalue weighted by molar-refractivity contribution is 7.17. The highest BCUT2D eigenvalue weighted by atomic mass is 35.5. The maximum Gasteiger partial charge on any atom is 0.341 e. The third-order valence-electron chi connectivity index (χ3n) is 5.11. The molecule has 1 amide bonds. The van der Waals surface area contributed by atoms with Crippen LogP contribution < -0.4 is 5.32 Å². The number of ether oxygens (including phenoxy) is 1. The lowest BCUT2D eigenvalue weighted by Crippen LogP contribution is -2.26. The normalized spacial score (nSPS) is 16.6. The van der Waals surface area contributed by atoms with E-state index in [0.717, 1.165) is 29.7 Å². The number of thiophene rings is 1. The predicted octanol–water partition coefficient (Wildman–Crippen LogP) is 4.99. The van der Waals surface area contributed by atoms with Gasteiger partial charge in [-0.25, -0.2) is 9.78 Å². The van der Waals surface area contributed by atoms with E-state index < -0.39 is 5.97 Å². The Morgan fingerprint density at radius 1 is 1.37 bits per heavy atom. The first kappa shape index (κ1) is 19.8. The Morgan fingerprint density at radius 2 is 2.11 bits per heavy atom. The van der Waals surface area contributed by atoms with Gasteiger partial charge in [0.05, 0.1) is 18.2 Å². The molecule has 1 aliphatic rings. The lowest BCUT2D eigenvalue weighted by atomic mass is 9.72. The number of hydrogen-bond donors (Lipinski definition) is 1. The Kier molecular flexibility index (Phi) is 5.58. The smallest absolute Gasteiger partial charge is 0.341 e. The van der Waals surface area contributed by atoms with Gasteiger partial charge in [0.15, 0.2) is 0 Å². The third-order valence-corrected chi connectivity index (χ3v) is 6.58. The second-order valence-electron chi connectivity index (χ2n) is 7.80. The molecule has 1 unspecified atom stereocenters. The van der Waals surface area contributed by atoms with E-state index in [2.05, 4.69) is 31.1 Å². The molecule has 5 nitrogen and oxygen atoms in total. The van der Waals surface area contributed by atoms with Crippen molar-refractivity contribution in [3.8, 4) is 0 Å². The number of nitrogens with one attached hydrogen (secondary N) is 1. The van der Waals surface area contributed by atoms with Crippen LogP contribution in [0.4, 0.5) is 5.00 Å². The first-order chi connectivity index (χ1) is 12.7. The molecule has 0 aliphatic heterocycles. The van der Waals surface area contributed by atoms with Gasteiger partial charge in [0, 0.05) is 11.1 Å². The van der Waals surface area contributed by atoms with Crippen LogP contribution in [0.3, 0.4) is 0 Å². The zero-order chi connectivity index (χ0) is 19.8.